The molecule has 0 amide bonds. The zero-order valence-corrected chi connectivity index (χ0v) is 8.88. The maximum Gasteiger partial charge on any atom is 0.304 e. The van der Waals surface area contributed by atoms with Crippen molar-refractivity contribution in [3.63, 3.8) is 0 Å². The molecule has 1 unspecified atom stereocenters. The molecular weight excluding hydrogens is 202 g/mol. The molecular formula is C10H12ClNO2. The number of hydrogen-bond donors (Lipinski definition) is 1. The summed E-state index contributed by atoms with van der Waals surface area (Å²) in [7, 11) is 0. The molecule has 0 aliphatic heterocycles. The number of carbonyl (C=O) groups is 1. The van der Waals surface area contributed by atoms with Crippen LogP contribution in [-0.4, -0.2) is 16.1 Å². The first kappa shape index (κ1) is 11.0. The quantitative estimate of drug-likeness (QED) is 0.840. The third-order valence-electron chi connectivity index (χ3n) is 2.05. The second-order valence-corrected chi connectivity index (χ2v) is 3.76. The number of carboxylic acids is 1. The van der Waals surface area contributed by atoms with Crippen LogP contribution in [0.15, 0.2) is 12.3 Å². The van der Waals surface area contributed by atoms with E-state index in [9.17, 15) is 4.79 Å². The molecule has 0 aromatic carbocycles. The highest BCUT2D eigenvalue weighted by Gasteiger charge is 2.12. The Labute approximate surface area is 87.7 Å². The summed E-state index contributed by atoms with van der Waals surface area (Å²) in [6.07, 6.45) is 1.65. The van der Waals surface area contributed by atoms with Gasteiger partial charge >= 0.3 is 5.97 Å². The van der Waals surface area contributed by atoms with Crippen LogP contribution in [0.5, 0.6) is 0 Å². The molecule has 3 nitrogen and oxygen atoms in total. The lowest BCUT2D eigenvalue weighted by Crippen LogP contribution is -2.04. The van der Waals surface area contributed by atoms with Crippen LogP contribution in [0.4, 0.5) is 0 Å². The zero-order valence-electron chi connectivity index (χ0n) is 8.12. The van der Waals surface area contributed by atoms with Crippen LogP contribution in [0.3, 0.4) is 0 Å². The van der Waals surface area contributed by atoms with E-state index in [1.165, 1.54) is 0 Å². The predicted molar refractivity (Wildman–Crippen MR) is 54.7 cm³/mol. The van der Waals surface area contributed by atoms with Crippen molar-refractivity contribution in [2.24, 2.45) is 0 Å². The van der Waals surface area contributed by atoms with Gasteiger partial charge in [0.05, 0.1) is 11.4 Å². The lowest BCUT2D eigenvalue weighted by atomic mass is 10.0. The summed E-state index contributed by atoms with van der Waals surface area (Å²) in [5, 5.41) is 9.22. The molecule has 0 spiro atoms. The van der Waals surface area contributed by atoms with E-state index >= 15 is 0 Å². The Morgan fingerprint density at radius 3 is 2.86 bits per heavy atom. The van der Waals surface area contributed by atoms with Crippen molar-refractivity contribution in [1.29, 1.82) is 0 Å². The number of aryl methyl sites for hydroxylation is 1. The molecule has 0 saturated heterocycles. The van der Waals surface area contributed by atoms with Crippen LogP contribution >= 0.6 is 11.6 Å². The number of carboxylic acid groups (broad SMARTS) is 1. The number of aromatic nitrogens is 1. The Balaban J connectivity index is 2.85. The summed E-state index contributed by atoms with van der Waals surface area (Å²) >= 11 is 5.81. The summed E-state index contributed by atoms with van der Waals surface area (Å²) in [5.74, 6) is -0.893. The van der Waals surface area contributed by atoms with Gasteiger partial charge in [0, 0.05) is 17.8 Å². The second kappa shape index (κ2) is 4.42. The van der Waals surface area contributed by atoms with Gasteiger partial charge in [0.1, 0.15) is 0 Å². The van der Waals surface area contributed by atoms with E-state index in [0.29, 0.717) is 5.02 Å². The van der Waals surface area contributed by atoms with Crippen molar-refractivity contribution in [3.05, 3.63) is 28.5 Å². The fourth-order valence-electron chi connectivity index (χ4n) is 1.20. The van der Waals surface area contributed by atoms with Gasteiger partial charge in [-0.1, -0.05) is 18.5 Å². The number of halogens is 1. The highest BCUT2D eigenvalue weighted by Crippen LogP contribution is 2.21. The van der Waals surface area contributed by atoms with Gasteiger partial charge in [-0.3, -0.25) is 9.78 Å². The molecule has 0 fully saturated rings. The lowest BCUT2D eigenvalue weighted by Gasteiger charge is -2.09. The zero-order chi connectivity index (χ0) is 10.7. The van der Waals surface area contributed by atoms with E-state index < -0.39 is 5.97 Å². The number of rotatable bonds is 3. The van der Waals surface area contributed by atoms with E-state index in [0.717, 1.165) is 11.3 Å². The molecule has 0 bridgehead atoms. The molecule has 4 heteroatoms. The first-order valence-electron chi connectivity index (χ1n) is 4.34. The normalized spacial score (nSPS) is 12.5. The minimum Gasteiger partial charge on any atom is -0.481 e. The van der Waals surface area contributed by atoms with Crippen molar-refractivity contribution in [3.8, 4) is 0 Å². The van der Waals surface area contributed by atoms with Gasteiger partial charge in [0.15, 0.2) is 0 Å². The van der Waals surface area contributed by atoms with Crippen molar-refractivity contribution in [1.82, 2.24) is 4.98 Å². The molecule has 1 heterocycles. The van der Waals surface area contributed by atoms with Gasteiger partial charge in [0.25, 0.3) is 0 Å². The molecule has 76 valence electrons. The standard InChI is InChI=1S/C10H12ClNO2/c1-6-3-9(12-5-8(6)11)7(2)4-10(13)14/h3,5,7H,4H2,1-2H3,(H,13,14). The van der Waals surface area contributed by atoms with Gasteiger partial charge in [-0.05, 0) is 18.6 Å². The van der Waals surface area contributed by atoms with E-state index in [-0.39, 0.29) is 12.3 Å². The summed E-state index contributed by atoms with van der Waals surface area (Å²) < 4.78 is 0. The average molecular weight is 214 g/mol. The molecule has 1 N–H and O–H groups in total. The fraction of sp³-hybridized carbons (Fsp3) is 0.400. The van der Waals surface area contributed by atoms with E-state index in [1.807, 2.05) is 19.9 Å². The molecule has 14 heavy (non-hydrogen) atoms. The maximum atomic E-state index is 10.5. The SMILES string of the molecule is Cc1cc(C(C)CC(=O)O)ncc1Cl. The second-order valence-electron chi connectivity index (χ2n) is 3.36. The number of nitrogens with zero attached hydrogens (tertiary/aromatic N) is 1. The van der Waals surface area contributed by atoms with Crippen LogP contribution in [0.1, 0.15) is 30.5 Å². The highest BCUT2D eigenvalue weighted by atomic mass is 35.5. The number of aliphatic carboxylic acids is 1. The van der Waals surface area contributed by atoms with Gasteiger partial charge in [-0.15, -0.1) is 0 Å². The minimum absolute atomic E-state index is 0.0801. The Kier molecular flexibility index (Phi) is 3.47. The third-order valence-corrected chi connectivity index (χ3v) is 2.45. The highest BCUT2D eigenvalue weighted by molar-refractivity contribution is 6.31. The smallest absolute Gasteiger partial charge is 0.304 e. The van der Waals surface area contributed by atoms with Gasteiger partial charge in [-0.2, -0.15) is 0 Å². The summed E-state index contributed by atoms with van der Waals surface area (Å²) in [6, 6.07) is 1.83. The molecule has 0 aliphatic rings. The van der Waals surface area contributed by atoms with Gasteiger partial charge in [0.2, 0.25) is 0 Å². The third kappa shape index (κ3) is 2.70. The largest absolute Gasteiger partial charge is 0.481 e. The van der Waals surface area contributed by atoms with Crippen LogP contribution in [0.2, 0.25) is 5.02 Å². The first-order valence-corrected chi connectivity index (χ1v) is 4.72. The van der Waals surface area contributed by atoms with Crippen LogP contribution in [-0.2, 0) is 4.79 Å². The molecule has 1 atom stereocenters. The summed E-state index contributed by atoms with van der Waals surface area (Å²) in [6.45, 7) is 3.71. The van der Waals surface area contributed by atoms with Crippen LogP contribution < -0.4 is 0 Å². The molecule has 1 aromatic rings. The topological polar surface area (TPSA) is 50.2 Å². The predicted octanol–water partition coefficient (Wildman–Crippen LogP) is 2.62. The molecule has 0 aliphatic carbocycles. The Morgan fingerprint density at radius 1 is 1.71 bits per heavy atom. The van der Waals surface area contributed by atoms with E-state index in [4.69, 9.17) is 16.7 Å². The van der Waals surface area contributed by atoms with Crippen LogP contribution in [0.25, 0.3) is 0 Å². The Hall–Kier alpha value is -1.09. The Bertz CT molecular complexity index is 352. The van der Waals surface area contributed by atoms with E-state index in [2.05, 4.69) is 4.98 Å². The van der Waals surface area contributed by atoms with Crippen LogP contribution in [0, 0.1) is 6.92 Å². The van der Waals surface area contributed by atoms with Gasteiger partial charge < -0.3 is 5.11 Å². The minimum atomic E-state index is -0.813. The molecule has 1 aromatic heterocycles. The molecule has 0 radical (unpaired) electrons. The number of pyridine rings is 1. The van der Waals surface area contributed by atoms with Crippen molar-refractivity contribution in [2.45, 2.75) is 26.2 Å². The van der Waals surface area contributed by atoms with Crippen molar-refractivity contribution >= 4 is 17.6 Å². The average Bonchev–Trinajstić information content (AvgIpc) is 2.08. The summed E-state index contributed by atoms with van der Waals surface area (Å²) in [5.41, 5.74) is 1.70. The molecule has 1 rings (SSSR count). The first-order chi connectivity index (χ1) is 6.50. The number of hydrogen-bond acceptors (Lipinski definition) is 2. The lowest BCUT2D eigenvalue weighted by molar-refractivity contribution is -0.137. The van der Waals surface area contributed by atoms with Crippen molar-refractivity contribution in [2.75, 3.05) is 0 Å². The molecule has 0 saturated carbocycles. The van der Waals surface area contributed by atoms with E-state index in [1.54, 1.807) is 6.20 Å². The monoisotopic (exact) mass is 213 g/mol. The maximum absolute atomic E-state index is 10.5. The fourth-order valence-corrected chi connectivity index (χ4v) is 1.30. The summed E-state index contributed by atoms with van der Waals surface area (Å²) in [4.78, 5) is 14.6. The Morgan fingerprint density at radius 2 is 2.36 bits per heavy atom. The van der Waals surface area contributed by atoms with Crippen molar-refractivity contribution < 1.29 is 9.90 Å². The van der Waals surface area contributed by atoms with Gasteiger partial charge in [-0.25, -0.2) is 0 Å².